The highest BCUT2D eigenvalue weighted by atomic mass is 32.1. The maximum Gasteiger partial charge on any atom is 0.255 e. The molecule has 2 aromatic rings. The number of hydrogen-bond donors (Lipinski definition) is 3. The average Bonchev–Trinajstić information content (AvgIpc) is 2.73. The van der Waals surface area contributed by atoms with Gasteiger partial charge in [0.2, 0.25) is 5.75 Å². The van der Waals surface area contributed by atoms with Crippen molar-refractivity contribution >= 4 is 28.9 Å². The van der Waals surface area contributed by atoms with Gasteiger partial charge >= 0.3 is 0 Å². The second kappa shape index (κ2) is 9.26. The first-order chi connectivity index (χ1) is 14.8. The van der Waals surface area contributed by atoms with Crippen molar-refractivity contribution in [3.8, 4) is 17.2 Å². The molecule has 0 aliphatic carbocycles. The van der Waals surface area contributed by atoms with E-state index in [0.717, 1.165) is 22.4 Å². The summed E-state index contributed by atoms with van der Waals surface area (Å²) < 4.78 is 16.4. The zero-order chi connectivity index (χ0) is 22.7. The van der Waals surface area contributed by atoms with Gasteiger partial charge in [-0.1, -0.05) is 17.7 Å². The lowest BCUT2D eigenvalue weighted by atomic mass is 9.94. The van der Waals surface area contributed by atoms with E-state index >= 15 is 0 Å². The Kier molecular flexibility index (Phi) is 6.70. The molecule has 1 aliphatic heterocycles. The molecule has 1 aliphatic rings. The van der Waals surface area contributed by atoms with Crippen LogP contribution in [0.3, 0.4) is 0 Å². The summed E-state index contributed by atoms with van der Waals surface area (Å²) in [6, 6.07) is 9.01. The third-order valence-corrected chi connectivity index (χ3v) is 5.38. The Morgan fingerprint density at radius 1 is 1.00 bits per heavy atom. The molecule has 1 heterocycles. The lowest BCUT2D eigenvalue weighted by Crippen LogP contribution is -2.45. The molecule has 0 saturated carbocycles. The fourth-order valence-electron chi connectivity index (χ4n) is 3.66. The Bertz CT molecular complexity index is 1040. The molecule has 31 heavy (non-hydrogen) atoms. The molecule has 0 saturated heterocycles. The lowest BCUT2D eigenvalue weighted by Gasteiger charge is -2.31. The van der Waals surface area contributed by atoms with Crippen LogP contribution in [0.1, 0.15) is 29.7 Å². The van der Waals surface area contributed by atoms with Gasteiger partial charge in [-0.15, -0.1) is 0 Å². The molecule has 3 N–H and O–H groups in total. The van der Waals surface area contributed by atoms with Gasteiger partial charge in [-0.2, -0.15) is 0 Å². The molecule has 8 heteroatoms. The lowest BCUT2D eigenvalue weighted by molar-refractivity contribution is -0.113. The van der Waals surface area contributed by atoms with Crippen molar-refractivity contribution in [1.29, 1.82) is 0 Å². The molecule has 1 amide bonds. The van der Waals surface area contributed by atoms with E-state index in [1.54, 1.807) is 21.3 Å². The average molecular weight is 442 g/mol. The van der Waals surface area contributed by atoms with Crippen molar-refractivity contribution in [3.05, 3.63) is 58.3 Å². The molecule has 164 valence electrons. The summed E-state index contributed by atoms with van der Waals surface area (Å²) in [5, 5.41) is 9.70. The fourth-order valence-corrected chi connectivity index (χ4v) is 3.93. The van der Waals surface area contributed by atoms with E-state index in [1.165, 1.54) is 0 Å². The molecular formula is C23H27N3O4S. The van der Waals surface area contributed by atoms with Crippen LogP contribution in [0.5, 0.6) is 17.2 Å². The maximum atomic E-state index is 13.4. The minimum atomic E-state index is -0.506. The van der Waals surface area contributed by atoms with Crippen molar-refractivity contribution in [2.24, 2.45) is 0 Å². The standard InChI is InChI=1S/C23H27N3O4S/c1-12-7-8-16(13(2)9-12)25-22(27)19-14(3)24-23(31)26-20(19)15-10-17(28-4)21(30-6)18(11-15)29-5/h7-11,20H,1-6H3,(H,25,27)(H2,24,26,31). The second-order valence-electron chi connectivity index (χ2n) is 7.30. The van der Waals surface area contributed by atoms with Crippen LogP contribution < -0.4 is 30.2 Å². The summed E-state index contributed by atoms with van der Waals surface area (Å²) >= 11 is 5.36. The summed E-state index contributed by atoms with van der Waals surface area (Å²) in [7, 11) is 4.65. The van der Waals surface area contributed by atoms with Gasteiger partial charge in [-0.25, -0.2) is 0 Å². The van der Waals surface area contributed by atoms with Crippen LogP contribution in [0.4, 0.5) is 5.69 Å². The van der Waals surface area contributed by atoms with Gasteiger partial charge in [0.25, 0.3) is 5.91 Å². The number of anilines is 1. The zero-order valence-electron chi connectivity index (χ0n) is 18.5. The predicted octanol–water partition coefficient (Wildman–Crippen LogP) is 3.76. The van der Waals surface area contributed by atoms with Gasteiger partial charge in [-0.3, -0.25) is 4.79 Å². The van der Waals surface area contributed by atoms with Crippen molar-refractivity contribution in [2.45, 2.75) is 26.8 Å². The smallest absolute Gasteiger partial charge is 0.255 e. The SMILES string of the molecule is COc1cc(C2NC(=S)NC(C)=C2C(=O)Nc2ccc(C)cc2C)cc(OC)c1OC. The van der Waals surface area contributed by atoms with E-state index in [4.69, 9.17) is 26.4 Å². The Morgan fingerprint density at radius 2 is 1.65 bits per heavy atom. The van der Waals surface area contributed by atoms with E-state index in [2.05, 4.69) is 16.0 Å². The number of aryl methyl sites for hydroxylation is 2. The van der Waals surface area contributed by atoms with Crippen molar-refractivity contribution in [3.63, 3.8) is 0 Å². The molecular weight excluding hydrogens is 414 g/mol. The van der Waals surface area contributed by atoms with Crippen LogP contribution in [-0.2, 0) is 4.79 Å². The van der Waals surface area contributed by atoms with Crippen LogP contribution in [0.25, 0.3) is 0 Å². The number of nitrogens with one attached hydrogen (secondary N) is 3. The minimum absolute atomic E-state index is 0.231. The van der Waals surface area contributed by atoms with Gasteiger partial charge in [-0.05, 0) is 62.3 Å². The summed E-state index contributed by atoms with van der Waals surface area (Å²) in [6.07, 6.45) is 0. The maximum absolute atomic E-state index is 13.4. The molecule has 1 unspecified atom stereocenters. The first kappa shape index (κ1) is 22.4. The number of amides is 1. The molecule has 0 bridgehead atoms. The number of hydrogen-bond acceptors (Lipinski definition) is 5. The molecule has 0 fully saturated rings. The van der Waals surface area contributed by atoms with Gasteiger partial charge < -0.3 is 30.2 Å². The second-order valence-corrected chi connectivity index (χ2v) is 7.71. The predicted molar refractivity (Wildman–Crippen MR) is 125 cm³/mol. The number of carbonyl (C=O) groups is 1. The van der Waals surface area contributed by atoms with Gasteiger partial charge in [0, 0.05) is 11.4 Å². The van der Waals surface area contributed by atoms with Crippen LogP contribution in [0, 0.1) is 13.8 Å². The topological polar surface area (TPSA) is 80.9 Å². The Hall–Kier alpha value is -3.26. The summed E-state index contributed by atoms with van der Waals surface area (Å²) in [5.41, 5.74) is 4.82. The molecule has 7 nitrogen and oxygen atoms in total. The quantitative estimate of drug-likeness (QED) is 0.589. The Balaban J connectivity index is 2.05. The highest BCUT2D eigenvalue weighted by Crippen LogP contribution is 2.41. The van der Waals surface area contributed by atoms with Crippen molar-refractivity contribution in [2.75, 3.05) is 26.6 Å². The highest BCUT2D eigenvalue weighted by Gasteiger charge is 2.31. The van der Waals surface area contributed by atoms with E-state index in [-0.39, 0.29) is 5.91 Å². The molecule has 0 spiro atoms. The number of carbonyl (C=O) groups excluding carboxylic acids is 1. The normalized spacial score (nSPS) is 15.7. The van der Waals surface area contributed by atoms with E-state index < -0.39 is 6.04 Å². The van der Waals surface area contributed by atoms with Gasteiger partial charge in [0.05, 0.1) is 32.9 Å². The Morgan fingerprint density at radius 3 is 2.19 bits per heavy atom. The third kappa shape index (κ3) is 4.59. The van der Waals surface area contributed by atoms with Crippen LogP contribution >= 0.6 is 12.2 Å². The number of allylic oxidation sites excluding steroid dienone is 1. The van der Waals surface area contributed by atoms with E-state index in [1.807, 2.05) is 51.1 Å². The number of rotatable bonds is 6. The van der Waals surface area contributed by atoms with Gasteiger partial charge in [0.1, 0.15) is 0 Å². The van der Waals surface area contributed by atoms with Crippen molar-refractivity contribution < 1.29 is 19.0 Å². The monoisotopic (exact) mass is 441 g/mol. The number of benzene rings is 2. The largest absolute Gasteiger partial charge is 0.493 e. The molecule has 0 radical (unpaired) electrons. The molecule has 2 aromatic carbocycles. The molecule has 0 aromatic heterocycles. The number of ether oxygens (including phenoxy) is 3. The number of thiocarbonyl (C=S) groups is 1. The Labute approximate surface area is 187 Å². The minimum Gasteiger partial charge on any atom is -0.493 e. The fraction of sp³-hybridized carbons (Fsp3) is 0.304. The summed E-state index contributed by atoms with van der Waals surface area (Å²) in [6.45, 7) is 5.81. The van der Waals surface area contributed by atoms with Crippen molar-refractivity contribution in [1.82, 2.24) is 10.6 Å². The zero-order valence-corrected chi connectivity index (χ0v) is 19.3. The van der Waals surface area contributed by atoms with Gasteiger partial charge in [0.15, 0.2) is 16.6 Å². The van der Waals surface area contributed by atoms with E-state index in [0.29, 0.717) is 33.6 Å². The summed E-state index contributed by atoms with van der Waals surface area (Å²) in [5.74, 6) is 1.24. The number of methoxy groups -OCH3 is 3. The third-order valence-electron chi connectivity index (χ3n) is 5.16. The van der Waals surface area contributed by atoms with Crippen LogP contribution in [-0.4, -0.2) is 32.3 Å². The molecule has 1 atom stereocenters. The highest BCUT2D eigenvalue weighted by molar-refractivity contribution is 7.80. The molecule has 3 rings (SSSR count). The first-order valence-electron chi connectivity index (χ1n) is 9.75. The van der Waals surface area contributed by atoms with Crippen LogP contribution in [0.2, 0.25) is 0 Å². The summed E-state index contributed by atoms with van der Waals surface area (Å²) in [4.78, 5) is 13.4. The van der Waals surface area contributed by atoms with E-state index in [9.17, 15) is 4.79 Å². The first-order valence-corrected chi connectivity index (χ1v) is 10.2. The van der Waals surface area contributed by atoms with Crippen LogP contribution in [0.15, 0.2) is 41.6 Å².